The van der Waals surface area contributed by atoms with Crippen molar-refractivity contribution in [3.05, 3.63) is 29.6 Å². The minimum absolute atomic E-state index is 0.204. The molecule has 3 heteroatoms. The molecule has 0 aromatic heterocycles. The van der Waals surface area contributed by atoms with Crippen molar-refractivity contribution >= 4 is 0 Å². The first kappa shape index (κ1) is 9.16. The molecule has 2 aliphatic rings. The van der Waals surface area contributed by atoms with Crippen molar-refractivity contribution in [3.63, 3.8) is 0 Å². The summed E-state index contributed by atoms with van der Waals surface area (Å²) in [5.41, 5.74) is 7.07. The van der Waals surface area contributed by atoms with Gasteiger partial charge in [0.1, 0.15) is 11.6 Å². The van der Waals surface area contributed by atoms with E-state index in [4.69, 9.17) is 10.5 Å². The van der Waals surface area contributed by atoms with Crippen LogP contribution in [0.1, 0.15) is 18.4 Å². The lowest BCUT2D eigenvalue weighted by molar-refractivity contribution is 0.252. The van der Waals surface area contributed by atoms with Crippen LogP contribution in [0.3, 0.4) is 0 Å². The lowest BCUT2D eigenvalue weighted by atomic mass is 9.87. The van der Waals surface area contributed by atoms with Crippen LogP contribution in [0.5, 0.6) is 5.75 Å². The average molecular weight is 207 g/mol. The summed E-state index contributed by atoms with van der Waals surface area (Å²) in [5.74, 6) is 1.05. The molecule has 1 aliphatic carbocycles. The number of hydrogen-bond acceptors (Lipinski definition) is 2. The topological polar surface area (TPSA) is 35.2 Å². The zero-order valence-electron chi connectivity index (χ0n) is 8.50. The van der Waals surface area contributed by atoms with Crippen LogP contribution in [-0.4, -0.2) is 13.2 Å². The standard InChI is InChI=1S/C12H14FNO/c13-9-1-2-10-11(5-9)15-4-3-12(10)6-8(12)7-14/h1-2,5,8H,3-4,6-7,14H2. The van der Waals surface area contributed by atoms with Crippen molar-refractivity contribution in [2.75, 3.05) is 13.2 Å². The fraction of sp³-hybridized carbons (Fsp3) is 0.500. The van der Waals surface area contributed by atoms with E-state index in [9.17, 15) is 4.39 Å². The molecular formula is C12H14FNO. The molecule has 1 saturated carbocycles. The van der Waals surface area contributed by atoms with Gasteiger partial charge >= 0.3 is 0 Å². The smallest absolute Gasteiger partial charge is 0.126 e. The Balaban J connectivity index is 2.05. The minimum Gasteiger partial charge on any atom is -0.493 e. The summed E-state index contributed by atoms with van der Waals surface area (Å²) in [6.07, 6.45) is 2.15. The van der Waals surface area contributed by atoms with Crippen molar-refractivity contribution in [3.8, 4) is 5.75 Å². The Morgan fingerprint density at radius 1 is 1.53 bits per heavy atom. The van der Waals surface area contributed by atoms with Crippen molar-refractivity contribution in [1.82, 2.24) is 0 Å². The Hall–Kier alpha value is -1.09. The normalized spacial score (nSPS) is 32.3. The van der Waals surface area contributed by atoms with Gasteiger partial charge in [0.15, 0.2) is 0 Å². The zero-order valence-corrected chi connectivity index (χ0v) is 8.50. The number of ether oxygens (including phenoxy) is 1. The highest BCUT2D eigenvalue weighted by molar-refractivity contribution is 5.46. The Morgan fingerprint density at radius 3 is 3.13 bits per heavy atom. The number of fused-ring (bicyclic) bond motifs is 2. The van der Waals surface area contributed by atoms with E-state index in [1.807, 2.05) is 6.07 Å². The number of nitrogens with two attached hydrogens (primary N) is 1. The molecule has 1 aliphatic heterocycles. The van der Waals surface area contributed by atoms with Crippen molar-refractivity contribution in [1.29, 1.82) is 0 Å². The molecule has 0 radical (unpaired) electrons. The van der Waals surface area contributed by atoms with Crippen molar-refractivity contribution < 1.29 is 9.13 Å². The van der Waals surface area contributed by atoms with Crippen LogP contribution in [0, 0.1) is 11.7 Å². The van der Waals surface area contributed by atoms with Crippen LogP contribution >= 0.6 is 0 Å². The second-order valence-corrected chi connectivity index (χ2v) is 4.53. The molecule has 1 heterocycles. The second-order valence-electron chi connectivity index (χ2n) is 4.53. The molecule has 2 N–H and O–H groups in total. The van der Waals surface area contributed by atoms with Crippen LogP contribution in [0.25, 0.3) is 0 Å². The molecule has 1 fully saturated rings. The van der Waals surface area contributed by atoms with Gasteiger partial charge in [-0.15, -0.1) is 0 Å². The Kier molecular flexibility index (Phi) is 1.80. The molecule has 2 nitrogen and oxygen atoms in total. The van der Waals surface area contributed by atoms with Crippen LogP contribution in [0.2, 0.25) is 0 Å². The predicted octanol–water partition coefficient (Wildman–Crippen LogP) is 1.82. The third-order valence-electron chi connectivity index (χ3n) is 3.80. The van der Waals surface area contributed by atoms with Gasteiger partial charge in [0.2, 0.25) is 0 Å². The second kappa shape index (κ2) is 2.95. The van der Waals surface area contributed by atoms with Gasteiger partial charge in [0.05, 0.1) is 6.61 Å². The molecule has 1 aromatic rings. The SMILES string of the molecule is NCC1CC12CCOc1cc(F)ccc12. The van der Waals surface area contributed by atoms with Gasteiger partial charge in [-0.2, -0.15) is 0 Å². The van der Waals surface area contributed by atoms with E-state index >= 15 is 0 Å². The molecule has 15 heavy (non-hydrogen) atoms. The first-order valence-corrected chi connectivity index (χ1v) is 5.39. The molecule has 3 rings (SSSR count). The average Bonchev–Trinajstić information content (AvgIpc) is 2.92. The van der Waals surface area contributed by atoms with Gasteiger partial charge in [-0.25, -0.2) is 4.39 Å². The largest absolute Gasteiger partial charge is 0.493 e. The fourth-order valence-corrected chi connectivity index (χ4v) is 2.83. The molecule has 0 bridgehead atoms. The summed E-state index contributed by atoms with van der Waals surface area (Å²) in [6.45, 7) is 1.41. The summed E-state index contributed by atoms with van der Waals surface area (Å²) in [4.78, 5) is 0. The number of hydrogen-bond donors (Lipinski definition) is 1. The summed E-state index contributed by atoms with van der Waals surface area (Å²) in [6, 6.07) is 4.86. The molecule has 2 atom stereocenters. The molecule has 2 unspecified atom stereocenters. The first-order valence-electron chi connectivity index (χ1n) is 5.39. The van der Waals surface area contributed by atoms with Gasteiger partial charge in [-0.1, -0.05) is 6.07 Å². The number of benzene rings is 1. The number of halogens is 1. The quantitative estimate of drug-likeness (QED) is 0.762. The van der Waals surface area contributed by atoms with Crippen LogP contribution in [0.4, 0.5) is 4.39 Å². The van der Waals surface area contributed by atoms with E-state index in [1.165, 1.54) is 12.1 Å². The van der Waals surface area contributed by atoms with E-state index in [0.717, 1.165) is 30.7 Å². The third-order valence-corrected chi connectivity index (χ3v) is 3.80. The monoisotopic (exact) mass is 207 g/mol. The Bertz CT molecular complexity index is 407. The van der Waals surface area contributed by atoms with Gasteiger partial charge < -0.3 is 10.5 Å². The maximum absolute atomic E-state index is 13.0. The van der Waals surface area contributed by atoms with Gasteiger partial charge in [-0.05, 0) is 31.4 Å². The van der Waals surface area contributed by atoms with E-state index in [2.05, 4.69) is 0 Å². The van der Waals surface area contributed by atoms with E-state index in [-0.39, 0.29) is 11.2 Å². The summed E-state index contributed by atoms with van der Waals surface area (Å²) < 4.78 is 18.5. The van der Waals surface area contributed by atoms with Crippen LogP contribution in [-0.2, 0) is 5.41 Å². The van der Waals surface area contributed by atoms with E-state index in [0.29, 0.717) is 12.5 Å². The summed E-state index contributed by atoms with van der Waals surface area (Å²) in [5, 5.41) is 0. The maximum Gasteiger partial charge on any atom is 0.126 e. The summed E-state index contributed by atoms with van der Waals surface area (Å²) >= 11 is 0. The maximum atomic E-state index is 13.0. The van der Waals surface area contributed by atoms with Gasteiger partial charge in [-0.3, -0.25) is 0 Å². The highest BCUT2D eigenvalue weighted by Gasteiger charge is 2.56. The molecule has 0 amide bonds. The minimum atomic E-state index is -0.226. The first-order chi connectivity index (χ1) is 7.26. The predicted molar refractivity (Wildman–Crippen MR) is 55.4 cm³/mol. The fourth-order valence-electron chi connectivity index (χ4n) is 2.83. The van der Waals surface area contributed by atoms with E-state index in [1.54, 1.807) is 0 Å². The van der Waals surface area contributed by atoms with Crippen LogP contribution < -0.4 is 10.5 Å². The zero-order chi connectivity index (χ0) is 10.5. The molecule has 1 spiro atoms. The molecule has 80 valence electrons. The highest BCUT2D eigenvalue weighted by Crippen LogP contribution is 2.60. The molecule has 0 saturated heterocycles. The van der Waals surface area contributed by atoms with E-state index < -0.39 is 0 Å². The van der Waals surface area contributed by atoms with Crippen molar-refractivity contribution in [2.45, 2.75) is 18.3 Å². The highest BCUT2D eigenvalue weighted by atomic mass is 19.1. The number of rotatable bonds is 1. The third kappa shape index (κ3) is 1.19. The molecular weight excluding hydrogens is 193 g/mol. The van der Waals surface area contributed by atoms with Gasteiger partial charge in [0.25, 0.3) is 0 Å². The Labute approximate surface area is 88.2 Å². The molecule has 1 aromatic carbocycles. The Morgan fingerprint density at radius 2 is 2.40 bits per heavy atom. The van der Waals surface area contributed by atoms with Crippen LogP contribution in [0.15, 0.2) is 18.2 Å². The lowest BCUT2D eigenvalue weighted by Crippen LogP contribution is -2.24. The summed E-state index contributed by atoms with van der Waals surface area (Å²) in [7, 11) is 0. The van der Waals surface area contributed by atoms with Crippen molar-refractivity contribution in [2.24, 2.45) is 11.7 Å². The van der Waals surface area contributed by atoms with Gasteiger partial charge in [0, 0.05) is 17.0 Å². The lowest BCUT2D eigenvalue weighted by Gasteiger charge is -2.26.